The van der Waals surface area contributed by atoms with Gasteiger partial charge in [0.25, 0.3) is 15.9 Å². The second kappa shape index (κ2) is 9.06. The van der Waals surface area contributed by atoms with Gasteiger partial charge in [-0.2, -0.15) is 0 Å². The predicted molar refractivity (Wildman–Crippen MR) is 125 cm³/mol. The summed E-state index contributed by atoms with van der Waals surface area (Å²) in [5, 5.41) is 1.12. The summed E-state index contributed by atoms with van der Waals surface area (Å²) in [6, 6.07) is 11.6. The Kier molecular flexibility index (Phi) is 6.41. The van der Waals surface area contributed by atoms with Gasteiger partial charge >= 0.3 is 0 Å². The molecule has 1 fully saturated rings. The number of hydrogen-bond donors (Lipinski definition) is 1. The van der Waals surface area contributed by atoms with Crippen LogP contribution in [0.1, 0.15) is 35.9 Å². The molecule has 164 valence electrons. The van der Waals surface area contributed by atoms with E-state index in [0.29, 0.717) is 22.2 Å². The predicted octanol–water partition coefficient (Wildman–Crippen LogP) is 5.38. The van der Waals surface area contributed by atoms with Gasteiger partial charge in [-0.15, -0.1) is 11.3 Å². The molecule has 6 nitrogen and oxygen atoms in total. The van der Waals surface area contributed by atoms with E-state index in [1.165, 1.54) is 17.4 Å². The number of rotatable bonds is 6. The van der Waals surface area contributed by atoms with E-state index < -0.39 is 10.0 Å². The number of thiophene rings is 1. The molecular weight excluding hydrogens is 456 g/mol. The highest BCUT2D eigenvalue weighted by molar-refractivity contribution is 7.92. The van der Waals surface area contributed by atoms with Gasteiger partial charge in [-0.1, -0.05) is 11.6 Å². The van der Waals surface area contributed by atoms with Crippen LogP contribution in [-0.2, 0) is 10.0 Å². The monoisotopic (exact) mass is 478 g/mol. The first-order chi connectivity index (χ1) is 14.9. The lowest BCUT2D eigenvalue weighted by Crippen LogP contribution is -2.35. The van der Waals surface area contributed by atoms with Gasteiger partial charge in [0.2, 0.25) is 0 Å². The number of benzene rings is 2. The highest BCUT2D eigenvalue weighted by atomic mass is 35.5. The van der Waals surface area contributed by atoms with Gasteiger partial charge in [0, 0.05) is 28.5 Å². The van der Waals surface area contributed by atoms with Crippen molar-refractivity contribution in [3.05, 3.63) is 52.4 Å². The third-order valence-corrected chi connectivity index (χ3v) is 7.86. The Morgan fingerprint density at radius 1 is 1.13 bits per heavy atom. The fraction of sp³-hybridized carbons (Fsp3) is 0.318. The smallest absolute Gasteiger partial charge is 0.265 e. The molecule has 0 bridgehead atoms. The van der Waals surface area contributed by atoms with E-state index in [4.69, 9.17) is 16.3 Å². The van der Waals surface area contributed by atoms with Crippen LogP contribution in [0.4, 0.5) is 5.69 Å². The number of anilines is 1. The molecule has 1 amide bonds. The number of ether oxygens (including phenoxy) is 1. The molecule has 0 saturated carbocycles. The second-order valence-electron chi connectivity index (χ2n) is 7.35. The summed E-state index contributed by atoms with van der Waals surface area (Å²) >= 11 is 7.45. The Morgan fingerprint density at radius 3 is 2.65 bits per heavy atom. The Morgan fingerprint density at radius 2 is 1.90 bits per heavy atom. The molecule has 3 aromatic rings. The third-order valence-electron chi connectivity index (χ3n) is 5.12. The average Bonchev–Trinajstić information content (AvgIpc) is 3.18. The summed E-state index contributed by atoms with van der Waals surface area (Å²) in [5.74, 6) is 0.286. The Bertz CT molecular complexity index is 1220. The number of piperidine rings is 1. The largest absolute Gasteiger partial charge is 0.492 e. The van der Waals surface area contributed by atoms with E-state index in [1.54, 1.807) is 31.2 Å². The number of hydrogen-bond acceptors (Lipinski definition) is 5. The molecule has 1 aliphatic heterocycles. The highest BCUT2D eigenvalue weighted by Gasteiger charge is 2.22. The van der Waals surface area contributed by atoms with Crippen LogP contribution in [0.3, 0.4) is 0 Å². The molecule has 2 aromatic carbocycles. The van der Waals surface area contributed by atoms with Crippen molar-refractivity contribution in [1.82, 2.24) is 4.90 Å². The molecule has 1 N–H and O–H groups in total. The molecule has 0 radical (unpaired) electrons. The molecule has 9 heteroatoms. The molecule has 1 saturated heterocycles. The van der Waals surface area contributed by atoms with Crippen LogP contribution < -0.4 is 9.46 Å². The average molecular weight is 479 g/mol. The lowest BCUT2D eigenvalue weighted by Gasteiger charge is -2.26. The molecule has 0 atom stereocenters. The van der Waals surface area contributed by atoms with Crippen LogP contribution in [0, 0.1) is 0 Å². The van der Waals surface area contributed by atoms with Crippen molar-refractivity contribution in [2.45, 2.75) is 31.1 Å². The van der Waals surface area contributed by atoms with E-state index in [2.05, 4.69) is 4.72 Å². The molecule has 1 aliphatic rings. The van der Waals surface area contributed by atoms with Crippen molar-refractivity contribution in [3.63, 3.8) is 0 Å². The molecule has 31 heavy (non-hydrogen) atoms. The van der Waals surface area contributed by atoms with Gasteiger partial charge in [0.1, 0.15) is 10.6 Å². The Labute approximate surface area is 190 Å². The van der Waals surface area contributed by atoms with Gasteiger partial charge in [-0.05, 0) is 74.0 Å². The van der Waals surface area contributed by atoms with Crippen LogP contribution in [0.5, 0.6) is 5.75 Å². The first kappa shape index (κ1) is 21.9. The summed E-state index contributed by atoms with van der Waals surface area (Å²) in [4.78, 5) is 15.3. The van der Waals surface area contributed by atoms with E-state index in [1.807, 2.05) is 17.0 Å². The van der Waals surface area contributed by atoms with Crippen molar-refractivity contribution in [3.8, 4) is 5.75 Å². The first-order valence-electron chi connectivity index (χ1n) is 10.2. The van der Waals surface area contributed by atoms with Gasteiger partial charge in [0.15, 0.2) is 0 Å². The summed E-state index contributed by atoms with van der Waals surface area (Å²) in [6.07, 6.45) is 3.24. The van der Waals surface area contributed by atoms with Crippen molar-refractivity contribution in [2.24, 2.45) is 0 Å². The minimum atomic E-state index is -3.92. The number of halogens is 1. The number of amides is 1. The summed E-state index contributed by atoms with van der Waals surface area (Å²) in [5.41, 5.74) is 0.407. The topological polar surface area (TPSA) is 75.7 Å². The number of carbonyl (C=O) groups is 1. The maximum absolute atomic E-state index is 13.0. The van der Waals surface area contributed by atoms with E-state index in [0.717, 1.165) is 42.4 Å². The van der Waals surface area contributed by atoms with Crippen LogP contribution in [0.25, 0.3) is 10.1 Å². The van der Waals surface area contributed by atoms with Crippen molar-refractivity contribution in [1.29, 1.82) is 0 Å². The van der Waals surface area contributed by atoms with Crippen molar-refractivity contribution < 1.29 is 17.9 Å². The number of nitrogens with zero attached hydrogens (tertiary/aromatic N) is 1. The zero-order chi connectivity index (χ0) is 22.0. The number of fused-ring (bicyclic) bond motifs is 1. The highest BCUT2D eigenvalue weighted by Crippen LogP contribution is 2.32. The summed E-state index contributed by atoms with van der Waals surface area (Å²) in [6.45, 7) is 3.70. The van der Waals surface area contributed by atoms with E-state index in [-0.39, 0.29) is 16.6 Å². The second-order valence-corrected chi connectivity index (χ2v) is 10.5. The van der Waals surface area contributed by atoms with Crippen molar-refractivity contribution in [2.75, 3.05) is 24.4 Å². The molecule has 0 spiro atoms. The number of likely N-dealkylation sites (tertiary alicyclic amines) is 1. The number of carbonyl (C=O) groups excluding carboxylic acids is 1. The van der Waals surface area contributed by atoms with Gasteiger partial charge in [0.05, 0.1) is 11.5 Å². The van der Waals surface area contributed by atoms with Crippen LogP contribution in [0.2, 0.25) is 5.02 Å². The fourth-order valence-corrected chi connectivity index (χ4v) is 6.11. The lowest BCUT2D eigenvalue weighted by atomic mass is 10.1. The molecule has 0 unspecified atom stereocenters. The van der Waals surface area contributed by atoms with E-state index in [9.17, 15) is 13.2 Å². The van der Waals surface area contributed by atoms with Crippen molar-refractivity contribution >= 4 is 54.6 Å². The third kappa shape index (κ3) is 4.81. The summed E-state index contributed by atoms with van der Waals surface area (Å²) in [7, 11) is -3.92. The minimum Gasteiger partial charge on any atom is -0.492 e. The molecule has 1 aromatic heterocycles. The standard InChI is InChI=1S/C22H23ClN2O4S2/c1-2-29-18-8-6-16(23)14-21(18)31(27,28)24-17-7-9-19-15(12-17)13-20(30-19)22(26)25-10-4-3-5-11-25/h6-9,12-14,24H,2-5,10-11H2,1H3. The maximum Gasteiger partial charge on any atom is 0.265 e. The van der Waals surface area contributed by atoms with Gasteiger partial charge in [-0.25, -0.2) is 8.42 Å². The van der Waals surface area contributed by atoms with Crippen LogP contribution >= 0.6 is 22.9 Å². The van der Waals surface area contributed by atoms with Crippen LogP contribution in [-0.4, -0.2) is 38.9 Å². The van der Waals surface area contributed by atoms with E-state index >= 15 is 0 Å². The van der Waals surface area contributed by atoms with Crippen LogP contribution in [0.15, 0.2) is 47.4 Å². The normalized spacial score (nSPS) is 14.6. The number of nitrogens with one attached hydrogen (secondary N) is 1. The quantitative estimate of drug-likeness (QED) is 0.516. The first-order valence-corrected chi connectivity index (χ1v) is 12.8. The minimum absolute atomic E-state index is 0.0202. The summed E-state index contributed by atoms with van der Waals surface area (Å²) < 4.78 is 35.0. The zero-order valence-electron chi connectivity index (χ0n) is 17.1. The SMILES string of the molecule is CCOc1ccc(Cl)cc1S(=O)(=O)Nc1ccc2sc(C(=O)N3CCCCC3)cc2c1. The van der Waals surface area contributed by atoms with Gasteiger partial charge in [-0.3, -0.25) is 9.52 Å². The number of sulfonamides is 1. The molecule has 0 aliphatic carbocycles. The zero-order valence-corrected chi connectivity index (χ0v) is 19.4. The molecule has 4 rings (SSSR count). The van der Waals surface area contributed by atoms with Gasteiger partial charge < -0.3 is 9.64 Å². The fourth-order valence-electron chi connectivity index (χ4n) is 3.64. The maximum atomic E-state index is 13.0. The molecular formula is C22H23ClN2O4S2. The Hall–Kier alpha value is -2.29. The Balaban J connectivity index is 1.60. The molecule has 2 heterocycles. The lowest BCUT2D eigenvalue weighted by molar-refractivity contribution is 0.0729.